The maximum absolute atomic E-state index is 12.9. The van der Waals surface area contributed by atoms with Crippen LogP contribution in [0.2, 0.25) is 0 Å². The summed E-state index contributed by atoms with van der Waals surface area (Å²) in [6.45, 7) is 2.58. The van der Waals surface area contributed by atoms with Gasteiger partial charge in [0.05, 0.1) is 24.5 Å². The zero-order valence-electron chi connectivity index (χ0n) is 17.2. The van der Waals surface area contributed by atoms with Gasteiger partial charge in [0, 0.05) is 16.8 Å². The fourth-order valence-electron chi connectivity index (χ4n) is 3.46. The van der Waals surface area contributed by atoms with E-state index in [-0.39, 0.29) is 17.0 Å². The SMILES string of the molecule is COC(=O)c1c(C)[nH]c(C(=O)OCC(=O)N(c2ccccc2)[C@H]2C=CS(=O)(=O)C2)c1C. The molecule has 1 aromatic heterocycles. The molecule has 1 N–H and O–H groups in total. The number of ether oxygens (including phenoxy) is 2. The Morgan fingerprint density at radius 1 is 1.13 bits per heavy atom. The average molecular weight is 446 g/mol. The second-order valence-corrected chi connectivity index (χ2v) is 8.95. The van der Waals surface area contributed by atoms with Gasteiger partial charge in [-0.25, -0.2) is 18.0 Å². The van der Waals surface area contributed by atoms with Crippen LogP contribution in [0.5, 0.6) is 0 Å². The van der Waals surface area contributed by atoms with Crippen LogP contribution >= 0.6 is 0 Å². The fraction of sp³-hybridized carbons (Fsp3) is 0.286. The second-order valence-electron chi connectivity index (χ2n) is 7.02. The van der Waals surface area contributed by atoms with Gasteiger partial charge in [-0.1, -0.05) is 18.2 Å². The van der Waals surface area contributed by atoms with E-state index in [0.29, 0.717) is 16.9 Å². The van der Waals surface area contributed by atoms with E-state index in [1.807, 2.05) is 0 Å². The van der Waals surface area contributed by atoms with Gasteiger partial charge < -0.3 is 19.4 Å². The number of aromatic nitrogens is 1. The summed E-state index contributed by atoms with van der Waals surface area (Å²) in [6, 6.07) is 7.82. The van der Waals surface area contributed by atoms with Crippen molar-refractivity contribution in [3.63, 3.8) is 0 Å². The van der Waals surface area contributed by atoms with Crippen LogP contribution in [0.25, 0.3) is 0 Å². The lowest BCUT2D eigenvalue weighted by atomic mass is 10.1. The number of nitrogens with zero attached hydrogens (tertiary/aromatic N) is 1. The summed E-state index contributed by atoms with van der Waals surface area (Å²) in [5, 5.41) is 1.08. The highest BCUT2D eigenvalue weighted by Gasteiger charge is 2.32. The number of hydrogen-bond acceptors (Lipinski definition) is 7. The number of aryl methyl sites for hydroxylation is 1. The summed E-state index contributed by atoms with van der Waals surface area (Å²) in [5.74, 6) is -2.24. The molecule has 0 spiro atoms. The van der Waals surface area contributed by atoms with Crippen molar-refractivity contribution in [1.82, 2.24) is 4.98 Å². The third-order valence-electron chi connectivity index (χ3n) is 4.90. The molecule has 1 aliphatic heterocycles. The lowest BCUT2D eigenvalue weighted by molar-refractivity contribution is -0.121. The third kappa shape index (κ3) is 4.69. The second kappa shape index (κ2) is 8.76. The Morgan fingerprint density at radius 3 is 2.39 bits per heavy atom. The Balaban J connectivity index is 1.78. The number of carbonyl (C=O) groups excluding carboxylic acids is 3. The predicted molar refractivity (Wildman–Crippen MR) is 113 cm³/mol. The number of esters is 2. The molecule has 0 fully saturated rings. The van der Waals surface area contributed by atoms with Crippen LogP contribution in [0.1, 0.15) is 32.1 Å². The standard InChI is InChI=1S/C21H22N2O7S/c1-13-18(20(25)29-3)14(2)22-19(13)21(26)30-11-17(24)23(15-7-5-4-6-8-15)16-9-10-31(27,28)12-16/h4-10,16,22H,11-12H2,1-3H3/t16-/m0/s1. The molecule has 0 saturated carbocycles. The van der Waals surface area contributed by atoms with Crippen molar-refractivity contribution in [1.29, 1.82) is 0 Å². The van der Waals surface area contributed by atoms with Crippen molar-refractivity contribution in [3.05, 3.63) is 64.3 Å². The Hall–Kier alpha value is -3.40. The van der Waals surface area contributed by atoms with Gasteiger partial charge in [-0.3, -0.25) is 4.79 Å². The molecule has 164 valence electrons. The molecule has 10 heteroatoms. The van der Waals surface area contributed by atoms with Crippen molar-refractivity contribution >= 4 is 33.4 Å². The number of methoxy groups -OCH3 is 1. The number of nitrogens with one attached hydrogen (secondary N) is 1. The first-order valence-corrected chi connectivity index (χ1v) is 11.1. The van der Waals surface area contributed by atoms with E-state index in [2.05, 4.69) is 4.98 Å². The predicted octanol–water partition coefficient (Wildman–Crippen LogP) is 1.92. The summed E-state index contributed by atoms with van der Waals surface area (Å²) in [7, 11) is -2.17. The number of hydrogen-bond donors (Lipinski definition) is 1. The third-order valence-corrected chi connectivity index (χ3v) is 6.28. The summed E-state index contributed by atoms with van der Waals surface area (Å²) < 4.78 is 33.6. The van der Waals surface area contributed by atoms with E-state index in [4.69, 9.17) is 9.47 Å². The van der Waals surface area contributed by atoms with Crippen molar-refractivity contribution in [2.45, 2.75) is 19.9 Å². The summed E-state index contributed by atoms with van der Waals surface area (Å²) in [6.07, 6.45) is 1.43. The minimum atomic E-state index is -3.41. The zero-order chi connectivity index (χ0) is 22.8. The molecular weight excluding hydrogens is 424 g/mol. The molecular formula is C21H22N2O7S. The first-order chi connectivity index (χ1) is 14.6. The van der Waals surface area contributed by atoms with Crippen molar-refractivity contribution in [2.24, 2.45) is 0 Å². The largest absolute Gasteiger partial charge is 0.465 e. The molecule has 31 heavy (non-hydrogen) atoms. The number of sulfone groups is 1. The highest BCUT2D eigenvalue weighted by atomic mass is 32.2. The normalized spacial score (nSPS) is 16.7. The van der Waals surface area contributed by atoms with E-state index >= 15 is 0 Å². The van der Waals surface area contributed by atoms with Gasteiger partial charge in [-0.2, -0.15) is 0 Å². The zero-order valence-corrected chi connectivity index (χ0v) is 18.1. The Bertz CT molecular complexity index is 1150. The van der Waals surface area contributed by atoms with Crippen LogP contribution in [0.4, 0.5) is 5.69 Å². The van der Waals surface area contributed by atoms with Crippen LogP contribution in [0.15, 0.2) is 41.8 Å². The van der Waals surface area contributed by atoms with Gasteiger partial charge in [-0.15, -0.1) is 0 Å². The molecule has 1 aromatic carbocycles. The molecule has 1 atom stereocenters. The van der Waals surface area contributed by atoms with Crippen LogP contribution < -0.4 is 4.90 Å². The molecule has 2 heterocycles. The number of benzene rings is 1. The lowest BCUT2D eigenvalue weighted by Gasteiger charge is -2.27. The van der Waals surface area contributed by atoms with Gasteiger partial charge in [0.15, 0.2) is 16.4 Å². The molecule has 9 nitrogen and oxygen atoms in total. The maximum Gasteiger partial charge on any atom is 0.355 e. The number of aromatic amines is 1. The number of H-pyrrole nitrogens is 1. The summed E-state index contributed by atoms with van der Waals surface area (Å²) in [5.41, 5.74) is 1.55. The highest BCUT2D eigenvalue weighted by Crippen LogP contribution is 2.23. The molecule has 2 aromatic rings. The monoisotopic (exact) mass is 446 g/mol. The van der Waals surface area contributed by atoms with Gasteiger partial charge in [-0.05, 0) is 37.6 Å². The van der Waals surface area contributed by atoms with Gasteiger partial charge in [0.1, 0.15) is 5.69 Å². The van der Waals surface area contributed by atoms with Crippen LogP contribution in [-0.4, -0.2) is 56.8 Å². The number of anilines is 1. The topological polar surface area (TPSA) is 123 Å². The van der Waals surface area contributed by atoms with E-state index < -0.39 is 40.3 Å². The van der Waals surface area contributed by atoms with Gasteiger partial charge in [0.2, 0.25) is 0 Å². The number of amides is 1. The molecule has 0 aliphatic carbocycles. The average Bonchev–Trinajstić information content (AvgIpc) is 3.24. The number of para-hydroxylation sites is 1. The van der Waals surface area contributed by atoms with E-state index in [9.17, 15) is 22.8 Å². The minimum absolute atomic E-state index is 0.0419. The first kappa shape index (κ1) is 22.3. The van der Waals surface area contributed by atoms with E-state index in [0.717, 1.165) is 5.41 Å². The molecule has 1 aliphatic rings. The summed E-state index contributed by atoms with van der Waals surface area (Å²) >= 11 is 0. The quantitative estimate of drug-likeness (QED) is 0.673. The highest BCUT2D eigenvalue weighted by molar-refractivity contribution is 7.94. The molecule has 3 rings (SSSR count). The number of rotatable bonds is 6. The van der Waals surface area contributed by atoms with Crippen LogP contribution in [-0.2, 0) is 24.1 Å². The van der Waals surface area contributed by atoms with Gasteiger partial charge in [0.25, 0.3) is 5.91 Å². The Labute approximate surface area is 179 Å². The molecule has 0 saturated heterocycles. The fourth-order valence-corrected chi connectivity index (χ4v) is 4.73. The molecule has 0 bridgehead atoms. The van der Waals surface area contributed by atoms with Crippen molar-refractivity contribution in [3.8, 4) is 0 Å². The molecule has 0 unspecified atom stereocenters. The smallest absolute Gasteiger partial charge is 0.355 e. The van der Waals surface area contributed by atoms with Crippen LogP contribution in [0, 0.1) is 13.8 Å². The van der Waals surface area contributed by atoms with Crippen LogP contribution in [0.3, 0.4) is 0 Å². The maximum atomic E-state index is 12.9. The molecule has 0 radical (unpaired) electrons. The van der Waals surface area contributed by atoms with Gasteiger partial charge >= 0.3 is 11.9 Å². The Morgan fingerprint density at radius 2 is 1.81 bits per heavy atom. The minimum Gasteiger partial charge on any atom is -0.465 e. The van der Waals surface area contributed by atoms with Crippen molar-refractivity contribution in [2.75, 3.05) is 24.4 Å². The Kier molecular flexibility index (Phi) is 6.30. The first-order valence-electron chi connectivity index (χ1n) is 9.37. The summed E-state index contributed by atoms with van der Waals surface area (Å²) in [4.78, 5) is 41.4. The number of carbonyl (C=O) groups is 3. The molecule has 1 amide bonds. The van der Waals surface area contributed by atoms with E-state index in [1.54, 1.807) is 44.2 Å². The van der Waals surface area contributed by atoms with E-state index in [1.165, 1.54) is 18.1 Å². The van der Waals surface area contributed by atoms with Crippen molar-refractivity contribution < 1.29 is 32.3 Å². The lowest BCUT2D eigenvalue weighted by Crippen LogP contribution is -2.43.